The smallest absolute Gasteiger partial charge is 0.326 e. The maximum Gasteiger partial charge on any atom is 0.326 e. The van der Waals surface area contributed by atoms with E-state index in [0.717, 1.165) is 5.56 Å². The number of hydrogen-bond donors (Lipinski definition) is 1. The first-order valence-corrected chi connectivity index (χ1v) is 6.33. The molecule has 0 aliphatic carbocycles. The van der Waals surface area contributed by atoms with Gasteiger partial charge in [0.15, 0.2) is 0 Å². The number of benzene rings is 1. The molecule has 0 amide bonds. The van der Waals surface area contributed by atoms with Gasteiger partial charge in [0.25, 0.3) is 5.56 Å². The Morgan fingerprint density at radius 1 is 1.24 bits per heavy atom. The van der Waals surface area contributed by atoms with Gasteiger partial charge in [-0.25, -0.2) is 0 Å². The number of carbonyl (C=O) groups is 1. The Bertz CT molecular complexity index is 694. The van der Waals surface area contributed by atoms with Crippen LogP contribution in [0.2, 0.25) is 0 Å². The van der Waals surface area contributed by atoms with E-state index in [1.54, 1.807) is 19.2 Å². The highest BCUT2D eigenvalue weighted by Gasteiger charge is 2.08. The van der Waals surface area contributed by atoms with Crippen molar-refractivity contribution in [3.8, 4) is 5.75 Å². The fourth-order valence-electron chi connectivity index (χ4n) is 1.84. The Balaban J connectivity index is 1.99. The molecule has 1 aromatic heterocycles. The number of nitrogen functional groups attached to an aromatic ring is 1. The van der Waals surface area contributed by atoms with Crippen molar-refractivity contribution in [1.82, 2.24) is 4.57 Å². The first kappa shape index (κ1) is 14.6. The van der Waals surface area contributed by atoms with Crippen molar-refractivity contribution in [2.45, 2.75) is 13.2 Å². The molecule has 0 atom stereocenters. The fraction of sp³-hybridized carbons (Fsp3) is 0.200. The number of anilines is 1. The molecule has 0 spiro atoms. The van der Waals surface area contributed by atoms with Crippen molar-refractivity contribution in [2.75, 3.05) is 12.8 Å². The monoisotopic (exact) mass is 288 g/mol. The summed E-state index contributed by atoms with van der Waals surface area (Å²) in [6, 6.07) is 10.0. The summed E-state index contributed by atoms with van der Waals surface area (Å²) in [5.74, 6) is 0.125. The van der Waals surface area contributed by atoms with Gasteiger partial charge in [0.1, 0.15) is 18.9 Å². The Morgan fingerprint density at radius 2 is 2.00 bits per heavy atom. The lowest BCUT2D eigenvalue weighted by Crippen LogP contribution is -2.24. The van der Waals surface area contributed by atoms with Crippen LogP contribution < -0.4 is 16.0 Å². The number of methoxy groups -OCH3 is 1. The van der Waals surface area contributed by atoms with E-state index in [-0.39, 0.29) is 18.7 Å². The molecule has 0 saturated carbocycles. The molecule has 0 unspecified atom stereocenters. The highest BCUT2D eigenvalue weighted by atomic mass is 16.5. The van der Waals surface area contributed by atoms with E-state index in [1.165, 1.54) is 22.9 Å². The number of carbonyl (C=O) groups excluding carboxylic acids is 1. The summed E-state index contributed by atoms with van der Waals surface area (Å²) in [5.41, 5.74) is 6.44. The maximum absolute atomic E-state index is 11.8. The van der Waals surface area contributed by atoms with Crippen LogP contribution in [0.15, 0.2) is 47.4 Å². The first-order chi connectivity index (χ1) is 10.1. The van der Waals surface area contributed by atoms with Crippen molar-refractivity contribution in [2.24, 2.45) is 0 Å². The van der Waals surface area contributed by atoms with E-state index in [9.17, 15) is 9.59 Å². The highest BCUT2D eigenvalue weighted by molar-refractivity contribution is 5.69. The zero-order chi connectivity index (χ0) is 15.2. The van der Waals surface area contributed by atoms with Crippen LogP contribution in [0, 0.1) is 0 Å². The van der Waals surface area contributed by atoms with Gasteiger partial charge in [0, 0.05) is 23.5 Å². The highest BCUT2D eigenvalue weighted by Crippen LogP contribution is 2.18. The number of aromatic nitrogens is 1. The molecule has 1 aromatic carbocycles. The Hall–Kier alpha value is -2.76. The molecule has 0 aliphatic rings. The van der Waals surface area contributed by atoms with Crippen LogP contribution in [0.1, 0.15) is 5.56 Å². The van der Waals surface area contributed by atoms with E-state index < -0.39 is 5.97 Å². The normalized spacial score (nSPS) is 10.1. The molecule has 6 heteroatoms. The zero-order valence-electron chi connectivity index (χ0n) is 11.6. The molecule has 1 heterocycles. The molecule has 2 N–H and O–H groups in total. The number of esters is 1. The van der Waals surface area contributed by atoms with Crippen molar-refractivity contribution in [1.29, 1.82) is 0 Å². The van der Waals surface area contributed by atoms with Gasteiger partial charge < -0.3 is 19.8 Å². The largest absolute Gasteiger partial charge is 0.496 e. The van der Waals surface area contributed by atoms with Gasteiger partial charge in [-0.1, -0.05) is 18.2 Å². The van der Waals surface area contributed by atoms with Crippen molar-refractivity contribution in [3.63, 3.8) is 0 Å². The van der Waals surface area contributed by atoms with Gasteiger partial charge >= 0.3 is 5.97 Å². The first-order valence-electron chi connectivity index (χ1n) is 6.33. The minimum Gasteiger partial charge on any atom is -0.496 e. The summed E-state index contributed by atoms with van der Waals surface area (Å²) < 4.78 is 11.5. The van der Waals surface area contributed by atoms with E-state index in [0.29, 0.717) is 11.4 Å². The van der Waals surface area contributed by atoms with Crippen LogP contribution >= 0.6 is 0 Å². The molecule has 6 nitrogen and oxygen atoms in total. The maximum atomic E-state index is 11.8. The summed E-state index contributed by atoms with van der Waals surface area (Å²) in [6.45, 7) is -0.0983. The molecule has 0 bridgehead atoms. The predicted octanol–water partition coefficient (Wildman–Crippen LogP) is 1.18. The zero-order valence-corrected chi connectivity index (χ0v) is 11.6. The second kappa shape index (κ2) is 6.60. The van der Waals surface area contributed by atoms with Crippen LogP contribution in [-0.4, -0.2) is 17.6 Å². The number of rotatable bonds is 5. The minimum atomic E-state index is -0.520. The topological polar surface area (TPSA) is 83.6 Å². The molecule has 110 valence electrons. The Labute approximate surface area is 121 Å². The third-order valence-electron chi connectivity index (χ3n) is 2.89. The lowest BCUT2D eigenvalue weighted by atomic mass is 10.2. The predicted molar refractivity (Wildman–Crippen MR) is 77.9 cm³/mol. The molecule has 2 aromatic rings. The van der Waals surface area contributed by atoms with Crippen molar-refractivity contribution in [3.05, 3.63) is 58.5 Å². The van der Waals surface area contributed by atoms with E-state index in [1.807, 2.05) is 12.1 Å². The molecule has 0 saturated heterocycles. The summed E-state index contributed by atoms with van der Waals surface area (Å²) in [6.07, 6.45) is 1.41. The molecular weight excluding hydrogens is 272 g/mol. The van der Waals surface area contributed by atoms with Gasteiger partial charge in [-0.3, -0.25) is 9.59 Å². The summed E-state index contributed by atoms with van der Waals surface area (Å²) in [4.78, 5) is 23.3. The van der Waals surface area contributed by atoms with Gasteiger partial charge in [-0.05, 0) is 12.1 Å². The van der Waals surface area contributed by atoms with Crippen molar-refractivity contribution >= 4 is 11.7 Å². The van der Waals surface area contributed by atoms with E-state index in [4.69, 9.17) is 15.2 Å². The van der Waals surface area contributed by atoms with Crippen LogP contribution in [0.25, 0.3) is 0 Å². The SMILES string of the molecule is COc1ccccc1COC(=O)Cn1cc(N)ccc1=O. The van der Waals surface area contributed by atoms with Crippen LogP contribution in [0.5, 0.6) is 5.75 Å². The summed E-state index contributed by atoms with van der Waals surface area (Å²) >= 11 is 0. The number of nitrogens with two attached hydrogens (primary N) is 1. The average molecular weight is 288 g/mol. The molecular formula is C15H16N2O4. The van der Waals surface area contributed by atoms with Gasteiger partial charge in [0.05, 0.1) is 7.11 Å². The average Bonchev–Trinajstić information content (AvgIpc) is 2.49. The van der Waals surface area contributed by atoms with Crippen LogP contribution in [0.4, 0.5) is 5.69 Å². The van der Waals surface area contributed by atoms with Crippen LogP contribution in [-0.2, 0) is 22.7 Å². The quantitative estimate of drug-likeness (QED) is 0.835. The van der Waals surface area contributed by atoms with Gasteiger partial charge in [0.2, 0.25) is 0 Å². The third kappa shape index (κ3) is 3.85. The van der Waals surface area contributed by atoms with Crippen LogP contribution in [0.3, 0.4) is 0 Å². The van der Waals surface area contributed by atoms with Gasteiger partial charge in [-0.15, -0.1) is 0 Å². The summed E-state index contributed by atoms with van der Waals surface area (Å²) in [5, 5.41) is 0. The third-order valence-corrected chi connectivity index (χ3v) is 2.89. The number of para-hydroxylation sites is 1. The molecule has 0 radical (unpaired) electrons. The number of hydrogen-bond acceptors (Lipinski definition) is 5. The molecule has 0 aliphatic heterocycles. The Morgan fingerprint density at radius 3 is 2.76 bits per heavy atom. The van der Waals surface area contributed by atoms with E-state index >= 15 is 0 Å². The second-order valence-electron chi connectivity index (χ2n) is 4.40. The second-order valence-corrected chi connectivity index (χ2v) is 4.40. The Kier molecular flexibility index (Phi) is 4.61. The lowest BCUT2D eigenvalue weighted by Gasteiger charge is -2.10. The van der Waals surface area contributed by atoms with Gasteiger partial charge in [-0.2, -0.15) is 0 Å². The molecule has 2 rings (SSSR count). The molecule has 0 fully saturated rings. The number of nitrogens with zero attached hydrogens (tertiary/aromatic N) is 1. The number of ether oxygens (including phenoxy) is 2. The summed E-state index contributed by atoms with van der Waals surface area (Å²) in [7, 11) is 1.55. The number of pyridine rings is 1. The minimum absolute atomic E-state index is 0.0832. The van der Waals surface area contributed by atoms with E-state index in [2.05, 4.69) is 0 Å². The van der Waals surface area contributed by atoms with Crippen molar-refractivity contribution < 1.29 is 14.3 Å². The lowest BCUT2D eigenvalue weighted by molar-refractivity contribution is -0.145. The molecule has 21 heavy (non-hydrogen) atoms. The fourth-order valence-corrected chi connectivity index (χ4v) is 1.84. The standard InChI is InChI=1S/C15H16N2O4/c1-20-13-5-3-2-4-11(13)10-21-15(19)9-17-8-12(16)6-7-14(17)18/h2-8H,9-10,16H2,1H3.